The Labute approximate surface area is 98.0 Å². The molecule has 0 radical (unpaired) electrons. The van der Waals surface area contributed by atoms with Gasteiger partial charge < -0.3 is 5.73 Å². The second kappa shape index (κ2) is 4.22. The normalized spacial score (nSPS) is 20.2. The van der Waals surface area contributed by atoms with Gasteiger partial charge in [0.2, 0.25) is 0 Å². The zero-order chi connectivity index (χ0) is 10.9. The second-order valence-electron chi connectivity index (χ2n) is 4.32. The van der Waals surface area contributed by atoms with Crippen LogP contribution in [0.2, 0.25) is 0 Å². The Kier molecular flexibility index (Phi) is 3.12. The van der Waals surface area contributed by atoms with Crippen molar-refractivity contribution in [1.29, 1.82) is 0 Å². The highest BCUT2D eigenvalue weighted by Crippen LogP contribution is 2.37. The third kappa shape index (κ3) is 2.08. The van der Waals surface area contributed by atoms with Crippen LogP contribution in [0.1, 0.15) is 37.7 Å². The van der Waals surface area contributed by atoms with Gasteiger partial charge in [-0.1, -0.05) is 31.4 Å². The van der Waals surface area contributed by atoms with E-state index >= 15 is 0 Å². The van der Waals surface area contributed by atoms with Gasteiger partial charge >= 0.3 is 0 Å². The Hall–Kier alpha value is -0.410. The van der Waals surface area contributed by atoms with Crippen molar-refractivity contribution in [2.75, 3.05) is 0 Å². The van der Waals surface area contributed by atoms with Crippen molar-refractivity contribution in [1.82, 2.24) is 0 Å². The van der Waals surface area contributed by atoms with Crippen molar-refractivity contribution >= 4 is 15.9 Å². The Morgan fingerprint density at radius 3 is 2.53 bits per heavy atom. The lowest BCUT2D eigenvalue weighted by Gasteiger charge is -2.34. The lowest BCUT2D eigenvalue weighted by atomic mass is 9.77. The molecule has 0 atom stereocenters. The molecule has 2 rings (SSSR count). The Balaban J connectivity index is 2.39. The molecule has 0 amide bonds. The number of rotatable bonds is 1. The number of hydrogen-bond donors (Lipinski definition) is 1. The fourth-order valence-electron chi connectivity index (χ4n) is 2.34. The number of benzene rings is 1. The van der Waals surface area contributed by atoms with Crippen LogP contribution < -0.4 is 5.73 Å². The average Bonchev–Trinajstić information content (AvgIpc) is 2.23. The van der Waals surface area contributed by atoms with E-state index in [0.29, 0.717) is 10.0 Å². The molecule has 82 valence electrons. The minimum absolute atomic E-state index is 0.193. The minimum atomic E-state index is -0.452. The molecule has 1 aliphatic carbocycles. The average molecular weight is 272 g/mol. The first-order valence-electron chi connectivity index (χ1n) is 5.37. The van der Waals surface area contributed by atoms with Crippen LogP contribution in [0.4, 0.5) is 4.39 Å². The molecule has 2 N–H and O–H groups in total. The van der Waals surface area contributed by atoms with Gasteiger partial charge in [-0.3, -0.25) is 0 Å². The monoisotopic (exact) mass is 271 g/mol. The van der Waals surface area contributed by atoms with E-state index in [-0.39, 0.29) is 5.82 Å². The quantitative estimate of drug-likeness (QED) is 0.828. The van der Waals surface area contributed by atoms with Crippen molar-refractivity contribution in [2.24, 2.45) is 5.73 Å². The summed E-state index contributed by atoms with van der Waals surface area (Å²) in [4.78, 5) is 0. The first-order valence-corrected chi connectivity index (χ1v) is 6.16. The molecule has 0 saturated heterocycles. The van der Waals surface area contributed by atoms with Gasteiger partial charge in [0.1, 0.15) is 5.82 Å². The van der Waals surface area contributed by atoms with Gasteiger partial charge in [0.05, 0.1) is 4.47 Å². The minimum Gasteiger partial charge on any atom is -0.321 e. The van der Waals surface area contributed by atoms with Crippen LogP contribution in [0.3, 0.4) is 0 Å². The van der Waals surface area contributed by atoms with Crippen LogP contribution in [-0.4, -0.2) is 0 Å². The summed E-state index contributed by atoms with van der Waals surface area (Å²) in [5.41, 5.74) is 6.50. The first kappa shape index (κ1) is 11.1. The molecule has 1 nitrogen and oxygen atoms in total. The molecule has 0 aromatic heterocycles. The fraction of sp³-hybridized carbons (Fsp3) is 0.500. The SMILES string of the molecule is NC1(c2cccc(Br)c2F)CCCCC1. The lowest BCUT2D eigenvalue weighted by molar-refractivity contribution is 0.292. The summed E-state index contributed by atoms with van der Waals surface area (Å²) in [7, 11) is 0. The fourth-order valence-corrected chi connectivity index (χ4v) is 2.71. The highest BCUT2D eigenvalue weighted by molar-refractivity contribution is 9.10. The summed E-state index contributed by atoms with van der Waals surface area (Å²) in [5.74, 6) is -0.193. The molecule has 0 aliphatic heterocycles. The van der Waals surface area contributed by atoms with E-state index < -0.39 is 5.54 Å². The number of hydrogen-bond acceptors (Lipinski definition) is 1. The van der Waals surface area contributed by atoms with E-state index in [2.05, 4.69) is 15.9 Å². The van der Waals surface area contributed by atoms with Crippen LogP contribution >= 0.6 is 15.9 Å². The molecule has 0 unspecified atom stereocenters. The summed E-state index contributed by atoms with van der Waals surface area (Å²) >= 11 is 3.21. The maximum atomic E-state index is 13.9. The van der Waals surface area contributed by atoms with Crippen molar-refractivity contribution in [2.45, 2.75) is 37.6 Å². The third-order valence-electron chi connectivity index (χ3n) is 3.23. The topological polar surface area (TPSA) is 26.0 Å². The van der Waals surface area contributed by atoms with Gasteiger partial charge in [-0.25, -0.2) is 4.39 Å². The van der Waals surface area contributed by atoms with Gasteiger partial charge in [0.15, 0.2) is 0 Å². The Bertz CT molecular complexity index is 359. The predicted octanol–water partition coefficient (Wildman–Crippen LogP) is 3.71. The van der Waals surface area contributed by atoms with Gasteiger partial charge in [-0.15, -0.1) is 0 Å². The van der Waals surface area contributed by atoms with Crippen molar-refractivity contribution in [3.8, 4) is 0 Å². The van der Waals surface area contributed by atoms with E-state index in [9.17, 15) is 4.39 Å². The second-order valence-corrected chi connectivity index (χ2v) is 5.17. The van der Waals surface area contributed by atoms with Crippen molar-refractivity contribution < 1.29 is 4.39 Å². The standard InChI is InChI=1S/C12H15BrFN/c13-10-6-4-5-9(11(10)14)12(15)7-2-1-3-8-12/h4-6H,1-3,7-8,15H2. The molecule has 1 saturated carbocycles. The summed E-state index contributed by atoms with van der Waals surface area (Å²) < 4.78 is 14.4. The zero-order valence-corrected chi connectivity index (χ0v) is 10.2. The Morgan fingerprint density at radius 2 is 1.87 bits per heavy atom. The third-order valence-corrected chi connectivity index (χ3v) is 3.85. The van der Waals surface area contributed by atoms with Gasteiger partial charge in [-0.2, -0.15) is 0 Å². The molecule has 1 fully saturated rings. The zero-order valence-electron chi connectivity index (χ0n) is 8.60. The maximum Gasteiger partial charge on any atom is 0.142 e. The van der Waals surface area contributed by atoms with Crippen LogP contribution in [0, 0.1) is 5.82 Å². The van der Waals surface area contributed by atoms with Crippen LogP contribution in [0.25, 0.3) is 0 Å². The molecular formula is C12H15BrFN. The smallest absolute Gasteiger partial charge is 0.142 e. The van der Waals surface area contributed by atoms with Crippen LogP contribution in [-0.2, 0) is 5.54 Å². The molecule has 0 heterocycles. The largest absolute Gasteiger partial charge is 0.321 e. The summed E-state index contributed by atoms with van der Waals surface area (Å²) in [6, 6.07) is 5.38. The summed E-state index contributed by atoms with van der Waals surface area (Å²) in [6.45, 7) is 0. The molecule has 1 aromatic carbocycles. The van der Waals surface area contributed by atoms with Crippen molar-refractivity contribution in [3.05, 3.63) is 34.1 Å². The van der Waals surface area contributed by atoms with Gasteiger partial charge in [0.25, 0.3) is 0 Å². The van der Waals surface area contributed by atoms with Crippen molar-refractivity contribution in [3.63, 3.8) is 0 Å². The molecule has 0 spiro atoms. The molecule has 0 bridgehead atoms. The number of halogens is 2. The van der Waals surface area contributed by atoms with E-state index in [0.717, 1.165) is 25.7 Å². The lowest BCUT2D eigenvalue weighted by Crippen LogP contribution is -2.39. The predicted molar refractivity (Wildman–Crippen MR) is 63.1 cm³/mol. The van der Waals surface area contributed by atoms with E-state index in [1.54, 1.807) is 6.07 Å². The van der Waals surface area contributed by atoms with Crippen LogP contribution in [0.15, 0.2) is 22.7 Å². The first-order chi connectivity index (χ1) is 7.13. The highest BCUT2D eigenvalue weighted by Gasteiger charge is 2.32. The van der Waals surface area contributed by atoms with E-state index in [4.69, 9.17) is 5.73 Å². The van der Waals surface area contributed by atoms with E-state index in [1.165, 1.54) is 6.42 Å². The van der Waals surface area contributed by atoms with Gasteiger partial charge in [-0.05, 0) is 34.8 Å². The molecule has 15 heavy (non-hydrogen) atoms. The molecular weight excluding hydrogens is 257 g/mol. The highest BCUT2D eigenvalue weighted by atomic mass is 79.9. The van der Waals surface area contributed by atoms with Gasteiger partial charge in [0, 0.05) is 11.1 Å². The molecule has 1 aromatic rings. The molecule has 3 heteroatoms. The van der Waals surface area contributed by atoms with E-state index in [1.807, 2.05) is 12.1 Å². The Morgan fingerprint density at radius 1 is 1.20 bits per heavy atom. The molecule has 1 aliphatic rings. The summed E-state index contributed by atoms with van der Waals surface area (Å²) in [6.07, 6.45) is 5.19. The van der Waals surface area contributed by atoms with Crippen LogP contribution in [0.5, 0.6) is 0 Å². The summed E-state index contributed by atoms with van der Waals surface area (Å²) in [5, 5.41) is 0. The maximum absolute atomic E-state index is 13.9. The number of nitrogens with two attached hydrogens (primary N) is 1.